The predicted octanol–water partition coefficient (Wildman–Crippen LogP) is 1.51. The van der Waals surface area contributed by atoms with Gasteiger partial charge in [0.1, 0.15) is 5.00 Å². The molecule has 1 aliphatic rings. The van der Waals surface area contributed by atoms with Crippen molar-refractivity contribution < 1.29 is 14.3 Å². The molecular weight excluding hydrogens is 290 g/mol. The lowest BCUT2D eigenvalue weighted by molar-refractivity contribution is -0.00505. The van der Waals surface area contributed by atoms with E-state index in [4.69, 9.17) is 10.5 Å². The SMILES string of the molecule is CNC(=O)c1c(N2C[C@@H](C)O[C@@H](C)C2)sc(C(C)=O)c1N. The quantitative estimate of drug-likeness (QED) is 0.827. The second-order valence-corrected chi connectivity index (χ2v) is 6.32. The normalized spacial score (nSPS) is 22.2. The molecule has 6 nitrogen and oxygen atoms in total. The lowest BCUT2D eigenvalue weighted by Gasteiger charge is -2.36. The van der Waals surface area contributed by atoms with E-state index >= 15 is 0 Å². The number of anilines is 2. The van der Waals surface area contributed by atoms with Gasteiger partial charge in [-0.15, -0.1) is 11.3 Å². The molecule has 3 N–H and O–H groups in total. The first kappa shape index (κ1) is 15.8. The van der Waals surface area contributed by atoms with Gasteiger partial charge in [-0.25, -0.2) is 0 Å². The van der Waals surface area contributed by atoms with Gasteiger partial charge < -0.3 is 20.7 Å². The van der Waals surface area contributed by atoms with Crippen LogP contribution in [0.5, 0.6) is 0 Å². The number of thiophene rings is 1. The number of amides is 1. The van der Waals surface area contributed by atoms with Crippen LogP contribution in [0.4, 0.5) is 10.7 Å². The Labute approximate surface area is 128 Å². The van der Waals surface area contributed by atoms with Crippen molar-refractivity contribution in [2.24, 2.45) is 0 Å². The summed E-state index contributed by atoms with van der Waals surface area (Å²) in [7, 11) is 1.56. The summed E-state index contributed by atoms with van der Waals surface area (Å²) in [5, 5.41) is 3.34. The first-order valence-corrected chi connectivity index (χ1v) is 7.72. The molecular formula is C14H21N3O3S. The Bertz CT molecular complexity index is 560. The van der Waals surface area contributed by atoms with E-state index in [1.54, 1.807) is 7.05 Å². The molecule has 1 aliphatic heterocycles. The van der Waals surface area contributed by atoms with Crippen LogP contribution in [-0.2, 0) is 4.74 Å². The fourth-order valence-corrected chi connectivity index (χ4v) is 3.74. The number of carbonyl (C=O) groups is 2. The average Bonchev–Trinajstić information content (AvgIpc) is 2.74. The Morgan fingerprint density at radius 2 is 1.90 bits per heavy atom. The number of hydrogen-bond acceptors (Lipinski definition) is 6. The smallest absolute Gasteiger partial charge is 0.256 e. The van der Waals surface area contributed by atoms with E-state index in [0.29, 0.717) is 23.5 Å². The Balaban J connectivity index is 2.48. The summed E-state index contributed by atoms with van der Waals surface area (Å²) in [6.45, 7) is 6.79. The second kappa shape index (κ2) is 6.03. The van der Waals surface area contributed by atoms with Crippen molar-refractivity contribution in [3.63, 3.8) is 0 Å². The number of ether oxygens (including phenoxy) is 1. The summed E-state index contributed by atoms with van der Waals surface area (Å²) in [4.78, 5) is 26.4. The molecule has 0 bridgehead atoms. The van der Waals surface area contributed by atoms with Gasteiger partial charge in [-0.3, -0.25) is 9.59 Å². The zero-order valence-corrected chi connectivity index (χ0v) is 13.5. The monoisotopic (exact) mass is 311 g/mol. The Hall–Kier alpha value is -1.60. The highest BCUT2D eigenvalue weighted by Crippen LogP contribution is 2.39. The van der Waals surface area contributed by atoms with Gasteiger partial charge in [0.2, 0.25) is 0 Å². The molecule has 1 amide bonds. The summed E-state index contributed by atoms with van der Waals surface area (Å²) in [5.74, 6) is -0.388. The summed E-state index contributed by atoms with van der Waals surface area (Å²) in [5.41, 5.74) is 6.70. The number of ketones is 1. The molecule has 1 fully saturated rings. The highest BCUT2D eigenvalue weighted by molar-refractivity contribution is 7.19. The van der Waals surface area contributed by atoms with Crippen LogP contribution in [0.15, 0.2) is 0 Å². The Kier molecular flexibility index (Phi) is 4.53. The highest BCUT2D eigenvalue weighted by Gasteiger charge is 2.30. The second-order valence-electron chi connectivity index (χ2n) is 5.32. The molecule has 0 radical (unpaired) electrons. The molecule has 2 rings (SSSR count). The molecule has 2 atom stereocenters. The zero-order valence-electron chi connectivity index (χ0n) is 12.7. The molecule has 1 aromatic heterocycles. The first-order chi connectivity index (χ1) is 9.85. The van der Waals surface area contributed by atoms with Gasteiger partial charge in [-0.2, -0.15) is 0 Å². The van der Waals surface area contributed by atoms with Crippen molar-refractivity contribution in [3.8, 4) is 0 Å². The van der Waals surface area contributed by atoms with Crippen LogP contribution in [0.3, 0.4) is 0 Å². The van der Waals surface area contributed by atoms with Gasteiger partial charge in [0, 0.05) is 27.1 Å². The van der Waals surface area contributed by atoms with Gasteiger partial charge in [-0.1, -0.05) is 0 Å². The molecule has 2 heterocycles. The van der Waals surface area contributed by atoms with Gasteiger partial charge >= 0.3 is 0 Å². The number of Topliss-reactive ketones (excluding diaryl/α,β-unsaturated/α-hetero) is 1. The number of nitrogens with zero attached hydrogens (tertiary/aromatic N) is 1. The van der Waals surface area contributed by atoms with Crippen molar-refractivity contribution >= 4 is 33.7 Å². The summed E-state index contributed by atoms with van der Waals surface area (Å²) in [6, 6.07) is 0. The summed E-state index contributed by atoms with van der Waals surface area (Å²) < 4.78 is 5.71. The largest absolute Gasteiger partial charge is 0.397 e. The minimum absolute atomic E-state index is 0.0652. The number of nitrogen functional groups attached to an aromatic ring is 1. The Morgan fingerprint density at radius 1 is 1.33 bits per heavy atom. The van der Waals surface area contributed by atoms with Crippen LogP contribution in [0.1, 0.15) is 40.8 Å². The third kappa shape index (κ3) is 3.03. The fraction of sp³-hybridized carbons (Fsp3) is 0.571. The van der Waals surface area contributed by atoms with Crippen molar-refractivity contribution in [1.82, 2.24) is 5.32 Å². The van der Waals surface area contributed by atoms with Crippen LogP contribution in [0, 0.1) is 0 Å². The molecule has 7 heteroatoms. The number of nitrogens with two attached hydrogens (primary N) is 1. The number of hydrogen-bond donors (Lipinski definition) is 2. The van der Waals surface area contributed by atoms with Crippen LogP contribution in [-0.4, -0.2) is 44.0 Å². The molecule has 0 spiro atoms. The molecule has 116 valence electrons. The molecule has 0 unspecified atom stereocenters. The van der Waals surface area contributed by atoms with Gasteiger partial charge in [0.25, 0.3) is 5.91 Å². The van der Waals surface area contributed by atoms with E-state index in [1.165, 1.54) is 18.3 Å². The third-order valence-electron chi connectivity index (χ3n) is 3.41. The van der Waals surface area contributed by atoms with Crippen molar-refractivity contribution in [3.05, 3.63) is 10.4 Å². The zero-order chi connectivity index (χ0) is 15.7. The van der Waals surface area contributed by atoms with E-state index in [1.807, 2.05) is 13.8 Å². The minimum atomic E-state index is -0.266. The molecule has 1 saturated heterocycles. The molecule has 1 aromatic rings. The van der Waals surface area contributed by atoms with Crippen molar-refractivity contribution in [1.29, 1.82) is 0 Å². The fourth-order valence-electron chi connectivity index (χ4n) is 2.60. The number of nitrogens with one attached hydrogen (secondary N) is 1. The Morgan fingerprint density at radius 3 is 2.38 bits per heavy atom. The number of carbonyl (C=O) groups excluding carboxylic acids is 2. The molecule has 21 heavy (non-hydrogen) atoms. The van der Waals surface area contributed by atoms with Crippen LogP contribution >= 0.6 is 11.3 Å². The third-order valence-corrected chi connectivity index (χ3v) is 4.77. The lowest BCUT2D eigenvalue weighted by atomic mass is 10.1. The van der Waals surface area contributed by atoms with Gasteiger partial charge in [0.05, 0.1) is 28.3 Å². The van der Waals surface area contributed by atoms with Crippen LogP contribution < -0.4 is 16.0 Å². The topological polar surface area (TPSA) is 84.7 Å². The van der Waals surface area contributed by atoms with Crippen molar-refractivity contribution in [2.75, 3.05) is 30.8 Å². The first-order valence-electron chi connectivity index (χ1n) is 6.90. The highest BCUT2D eigenvalue weighted by atomic mass is 32.1. The van der Waals surface area contributed by atoms with Gasteiger partial charge in [-0.05, 0) is 13.8 Å². The van der Waals surface area contributed by atoms with E-state index < -0.39 is 0 Å². The predicted molar refractivity (Wildman–Crippen MR) is 84.3 cm³/mol. The maximum Gasteiger partial charge on any atom is 0.256 e. The number of morpholine rings is 1. The van der Waals surface area contributed by atoms with Crippen LogP contribution in [0.25, 0.3) is 0 Å². The maximum absolute atomic E-state index is 12.1. The number of rotatable bonds is 3. The molecule has 0 saturated carbocycles. The van der Waals surface area contributed by atoms with E-state index in [9.17, 15) is 9.59 Å². The average molecular weight is 311 g/mol. The lowest BCUT2D eigenvalue weighted by Crippen LogP contribution is -2.45. The maximum atomic E-state index is 12.1. The van der Waals surface area contributed by atoms with E-state index in [0.717, 1.165) is 5.00 Å². The van der Waals surface area contributed by atoms with E-state index in [2.05, 4.69) is 10.2 Å². The standard InChI is InChI=1S/C14H21N3O3S/c1-7-5-17(6-8(2)20-7)14-10(13(19)16-4)11(15)12(21-14)9(3)18/h7-8H,5-6,15H2,1-4H3,(H,16,19)/t7-,8+. The summed E-state index contributed by atoms with van der Waals surface area (Å²) in [6.07, 6.45) is 0.130. The van der Waals surface area contributed by atoms with Gasteiger partial charge in [0.15, 0.2) is 5.78 Å². The summed E-state index contributed by atoms with van der Waals surface area (Å²) >= 11 is 1.28. The minimum Gasteiger partial charge on any atom is -0.397 e. The van der Waals surface area contributed by atoms with E-state index in [-0.39, 0.29) is 29.6 Å². The molecule has 0 aliphatic carbocycles. The van der Waals surface area contributed by atoms with Crippen molar-refractivity contribution in [2.45, 2.75) is 33.0 Å². The van der Waals surface area contributed by atoms with Crippen LogP contribution in [0.2, 0.25) is 0 Å². The molecule has 0 aromatic carbocycles.